The number of hydrogen-bond acceptors (Lipinski definition) is 9. The van der Waals surface area contributed by atoms with Gasteiger partial charge in [0.15, 0.2) is 18.1 Å². The molecule has 4 rings (SSSR count). The van der Waals surface area contributed by atoms with Crippen LogP contribution in [0.2, 0.25) is 20.1 Å². The summed E-state index contributed by atoms with van der Waals surface area (Å²) in [6.45, 7) is 0.286. The highest BCUT2D eigenvalue weighted by Crippen LogP contribution is 2.30. The third kappa shape index (κ3) is 8.67. The van der Waals surface area contributed by atoms with Gasteiger partial charge in [-0.05, 0) is 59.7 Å². The van der Waals surface area contributed by atoms with Crippen molar-refractivity contribution in [1.82, 2.24) is 15.6 Å². The first kappa shape index (κ1) is 29.8. The van der Waals surface area contributed by atoms with Gasteiger partial charge < -0.3 is 18.6 Å². The molecule has 0 unspecified atom stereocenters. The molecule has 208 valence electrons. The summed E-state index contributed by atoms with van der Waals surface area (Å²) < 4.78 is 22.3. The van der Waals surface area contributed by atoms with E-state index in [-0.39, 0.29) is 36.0 Å². The van der Waals surface area contributed by atoms with E-state index in [4.69, 9.17) is 65.0 Å². The SMILES string of the molecule is COc1cc(/C=N\NC(=O)CSc2nnc(COc3ccc(Cl)cc3Cl)o2)ccc1OCc1ccc(Cl)c(Cl)c1. The smallest absolute Gasteiger partial charge is 0.277 e. The number of rotatable bonds is 12. The second kappa shape index (κ2) is 14.5. The highest BCUT2D eigenvalue weighted by atomic mass is 35.5. The van der Waals surface area contributed by atoms with Crippen LogP contribution in [0.15, 0.2) is 69.3 Å². The van der Waals surface area contributed by atoms with Crippen LogP contribution < -0.4 is 19.6 Å². The van der Waals surface area contributed by atoms with E-state index in [0.29, 0.717) is 42.9 Å². The van der Waals surface area contributed by atoms with Gasteiger partial charge >= 0.3 is 0 Å². The Morgan fingerprint density at radius 3 is 2.50 bits per heavy atom. The maximum atomic E-state index is 12.2. The lowest BCUT2D eigenvalue weighted by Crippen LogP contribution is -2.19. The average Bonchev–Trinajstić information content (AvgIpc) is 3.40. The fourth-order valence-corrected chi connectivity index (χ4v) is 4.46. The zero-order valence-corrected chi connectivity index (χ0v) is 24.5. The number of halogens is 4. The number of ether oxygens (including phenoxy) is 3. The monoisotopic (exact) mass is 640 g/mol. The standard InChI is InChI=1S/C26H20Cl4N4O5S/c1-36-23-9-15(3-6-22(23)37-12-16-2-5-18(28)19(29)8-16)11-31-32-24(35)14-40-26-34-33-25(39-26)13-38-21-7-4-17(27)10-20(21)30/h2-11H,12-14H2,1H3,(H,32,35)/b31-11-. The number of hydrazone groups is 1. The largest absolute Gasteiger partial charge is 0.493 e. The Labute approximate surface area is 253 Å². The second-order valence-electron chi connectivity index (χ2n) is 7.85. The van der Waals surface area contributed by atoms with Crippen LogP contribution in [0.4, 0.5) is 0 Å². The molecule has 0 saturated heterocycles. The molecule has 0 atom stereocenters. The number of methoxy groups -OCH3 is 1. The molecule has 0 aliphatic heterocycles. The maximum Gasteiger partial charge on any atom is 0.277 e. The summed E-state index contributed by atoms with van der Waals surface area (Å²) in [5.41, 5.74) is 3.99. The second-order valence-corrected chi connectivity index (χ2v) is 10.4. The van der Waals surface area contributed by atoms with Crippen molar-refractivity contribution in [2.24, 2.45) is 5.10 Å². The van der Waals surface area contributed by atoms with Crippen molar-refractivity contribution in [3.05, 3.63) is 91.7 Å². The van der Waals surface area contributed by atoms with Crippen molar-refractivity contribution < 1.29 is 23.4 Å². The van der Waals surface area contributed by atoms with Crippen LogP contribution in [0, 0.1) is 0 Å². The van der Waals surface area contributed by atoms with Crippen molar-refractivity contribution in [3.63, 3.8) is 0 Å². The lowest BCUT2D eigenvalue weighted by atomic mass is 10.2. The van der Waals surface area contributed by atoms with Gasteiger partial charge in [-0.3, -0.25) is 4.79 Å². The third-order valence-corrected chi connectivity index (χ3v) is 7.08. The van der Waals surface area contributed by atoms with Gasteiger partial charge in [-0.2, -0.15) is 5.10 Å². The number of carbonyl (C=O) groups is 1. The van der Waals surface area contributed by atoms with Crippen LogP contribution in [0.3, 0.4) is 0 Å². The fraction of sp³-hybridized carbons (Fsp3) is 0.154. The number of hydrogen-bond donors (Lipinski definition) is 1. The van der Waals surface area contributed by atoms with Gasteiger partial charge in [0, 0.05) is 5.02 Å². The maximum absolute atomic E-state index is 12.2. The first-order chi connectivity index (χ1) is 19.3. The Balaban J connectivity index is 1.22. The van der Waals surface area contributed by atoms with Crippen molar-refractivity contribution in [3.8, 4) is 17.2 Å². The van der Waals surface area contributed by atoms with Gasteiger partial charge in [0.05, 0.1) is 34.1 Å². The van der Waals surface area contributed by atoms with Gasteiger partial charge in [0.1, 0.15) is 12.4 Å². The number of nitrogens with zero attached hydrogens (tertiary/aromatic N) is 3. The highest BCUT2D eigenvalue weighted by molar-refractivity contribution is 7.99. The van der Waals surface area contributed by atoms with Crippen molar-refractivity contribution in [1.29, 1.82) is 0 Å². The zero-order chi connectivity index (χ0) is 28.5. The van der Waals surface area contributed by atoms with Gasteiger partial charge in [0.2, 0.25) is 0 Å². The minimum Gasteiger partial charge on any atom is -0.493 e. The minimum atomic E-state index is -0.362. The van der Waals surface area contributed by atoms with Crippen molar-refractivity contribution in [2.45, 2.75) is 18.4 Å². The summed E-state index contributed by atoms with van der Waals surface area (Å²) in [5.74, 6) is 1.34. The molecule has 0 spiro atoms. The van der Waals surface area contributed by atoms with E-state index in [9.17, 15) is 4.79 Å². The summed E-state index contributed by atoms with van der Waals surface area (Å²) in [6, 6.07) is 15.4. The number of nitrogens with one attached hydrogen (secondary N) is 1. The molecule has 3 aromatic carbocycles. The Kier molecular flexibility index (Phi) is 10.8. The molecular weight excluding hydrogens is 622 g/mol. The van der Waals surface area contributed by atoms with E-state index in [2.05, 4.69) is 20.7 Å². The highest BCUT2D eigenvalue weighted by Gasteiger charge is 2.12. The van der Waals surface area contributed by atoms with Crippen molar-refractivity contribution >= 4 is 70.3 Å². The molecule has 14 heteroatoms. The van der Waals surface area contributed by atoms with Crippen LogP contribution in [0.25, 0.3) is 0 Å². The molecule has 1 N–H and O–H groups in total. The van der Waals surface area contributed by atoms with Crippen LogP contribution >= 0.6 is 58.2 Å². The molecule has 40 heavy (non-hydrogen) atoms. The normalized spacial score (nSPS) is 11.0. The first-order valence-electron chi connectivity index (χ1n) is 11.4. The Morgan fingerprint density at radius 2 is 1.73 bits per heavy atom. The molecule has 0 aliphatic carbocycles. The zero-order valence-electron chi connectivity index (χ0n) is 20.7. The lowest BCUT2D eigenvalue weighted by Gasteiger charge is -2.11. The Morgan fingerprint density at radius 1 is 0.925 bits per heavy atom. The molecular formula is C26H20Cl4N4O5S. The summed E-state index contributed by atoms with van der Waals surface area (Å²) in [6.07, 6.45) is 1.48. The molecule has 4 aromatic rings. The first-order valence-corrected chi connectivity index (χ1v) is 13.9. The number of aromatic nitrogens is 2. The topological polar surface area (TPSA) is 108 Å². The van der Waals surface area contributed by atoms with Gasteiger partial charge in [-0.1, -0.05) is 64.2 Å². The van der Waals surface area contributed by atoms with E-state index in [1.807, 2.05) is 6.07 Å². The molecule has 0 saturated carbocycles. The molecule has 9 nitrogen and oxygen atoms in total. The molecule has 1 amide bonds. The van der Waals surface area contributed by atoms with Crippen molar-refractivity contribution in [2.75, 3.05) is 12.9 Å². The third-order valence-electron chi connectivity index (χ3n) is 4.99. The summed E-state index contributed by atoms with van der Waals surface area (Å²) >= 11 is 25.0. The fourth-order valence-electron chi connectivity index (χ4n) is 3.10. The summed E-state index contributed by atoms with van der Waals surface area (Å²) in [5, 5.41) is 13.8. The van der Waals surface area contributed by atoms with Crippen LogP contribution in [-0.4, -0.2) is 35.2 Å². The summed E-state index contributed by atoms with van der Waals surface area (Å²) in [4.78, 5) is 12.2. The van der Waals surface area contributed by atoms with Crippen LogP contribution in [0.5, 0.6) is 17.2 Å². The molecule has 1 aromatic heterocycles. The van der Waals surface area contributed by atoms with Crippen LogP contribution in [0.1, 0.15) is 17.0 Å². The minimum absolute atomic E-state index is 0.00760. The molecule has 0 fully saturated rings. The van der Waals surface area contributed by atoms with Gasteiger partial charge in [0.25, 0.3) is 17.0 Å². The number of benzene rings is 3. The summed E-state index contributed by atoms with van der Waals surface area (Å²) in [7, 11) is 1.53. The number of carbonyl (C=O) groups excluding carboxylic acids is 1. The molecule has 0 radical (unpaired) electrons. The quantitative estimate of drug-likeness (QED) is 0.0992. The number of thioether (sulfide) groups is 1. The number of amides is 1. The molecule has 0 aliphatic rings. The van der Waals surface area contributed by atoms with Crippen LogP contribution in [-0.2, 0) is 18.0 Å². The average molecular weight is 642 g/mol. The Bertz CT molecular complexity index is 1520. The molecule has 1 heterocycles. The van der Waals surface area contributed by atoms with E-state index >= 15 is 0 Å². The van der Waals surface area contributed by atoms with Gasteiger partial charge in [-0.25, -0.2) is 5.43 Å². The van der Waals surface area contributed by atoms with E-state index in [1.54, 1.807) is 48.5 Å². The Hall–Kier alpha value is -3.15. The van der Waals surface area contributed by atoms with E-state index in [1.165, 1.54) is 13.3 Å². The predicted molar refractivity (Wildman–Crippen MR) is 155 cm³/mol. The molecule has 0 bridgehead atoms. The predicted octanol–water partition coefficient (Wildman–Crippen LogP) is 7.09. The lowest BCUT2D eigenvalue weighted by molar-refractivity contribution is -0.118. The van der Waals surface area contributed by atoms with E-state index < -0.39 is 0 Å². The van der Waals surface area contributed by atoms with E-state index in [0.717, 1.165) is 17.3 Å². The van der Waals surface area contributed by atoms with Gasteiger partial charge in [-0.15, -0.1) is 10.2 Å².